The lowest BCUT2D eigenvalue weighted by molar-refractivity contribution is -0.143. The number of nitrogens with one attached hydrogen (secondary N) is 4. The Labute approximate surface area is 190 Å². The fourth-order valence-electron chi connectivity index (χ4n) is 2.82. The highest BCUT2D eigenvalue weighted by atomic mass is 16.4. The van der Waals surface area contributed by atoms with Crippen LogP contribution in [0.2, 0.25) is 0 Å². The van der Waals surface area contributed by atoms with Gasteiger partial charge in [-0.05, 0) is 11.8 Å². The first-order valence-electron chi connectivity index (χ1n) is 10.4. The lowest BCUT2D eigenvalue weighted by atomic mass is 9.99. The third kappa shape index (κ3) is 8.88. The monoisotopic (exact) mass is 468 g/mol. The summed E-state index contributed by atoms with van der Waals surface area (Å²) in [4.78, 5) is 67.1. The molecule has 0 saturated heterocycles. The minimum absolute atomic E-state index is 0.132. The van der Waals surface area contributed by atoms with E-state index in [0.29, 0.717) is 5.69 Å². The van der Waals surface area contributed by atoms with Crippen LogP contribution >= 0.6 is 0 Å². The highest BCUT2D eigenvalue weighted by molar-refractivity contribution is 5.95. The Bertz CT molecular complexity index is 840. The molecule has 4 atom stereocenters. The fourth-order valence-corrected chi connectivity index (χ4v) is 2.82. The van der Waals surface area contributed by atoms with E-state index < -0.39 is 66.2 Å². The van der Waals surface area contributed by atoms with Crippen molar-refractivity contribution in [3.63, 3.8) is 0 Å². The number of carboxylic acid groups (broad SMARTS) is 2. The van der Waals surface area contributed by atoms with E-state index >= 15 is 0 Å². The molecule has 1 rings (SSSR count). The van der Waals surface area contributed by atoms with Crippen molar-refractivity contribution in [2.45, 2.75) is 64.7 Å². The molecule has 0 radical (unpaired) electrons. The molecule has 1 aromatic rings. The average Bonchev–Trinajstić information content (AvgIpc) is 3.22. The predicted octanol–water partition coefficient (Wildman–Crippen LogP) is -1.39. The van der Waals surface area contributed by atoms with Crippen LogP contribution in [0.25, 0.3) is 0 Å². The fraction of sp³-hybridized carbons (Fsp3) is 0.600. The summed E-state index contributed by atoms with van der Waals surface area (Å²) in [6.45, 7) is 6.79. The van der Waals surface area contributed by atoms with Gasteiger partial charge in [-0.15, -0.1) is 0 Å². The summed E-state index contributed by atoms with van der Waals surface area (Å²) >= 11 is 0. The third-order valence-electron chi connectivity index (χ3n) is 4.87. The van der Waals surface area contributed by atoms with Gasteiger partial charge in [-0.2, -0.15) is 0 Å². The number of aromatic nitrogens is 2. The molecule has 0 fully saturated rings. The number of nitrogens with two attached hydrogens (primary N) is 1. The molecule has 3 amide bonds. The molecule has 0 aliphatic rings. The first-order valence-corrected chi connectivity index (χ1v) is 10.4. The molecule has 1 aromatic heterocycles. The number of hydrogen-bond acceptors (Lipinski definition) is 7. The lowest BCUT2D eigenvalue weighted by Crippen LogP contribution is -2.59. The molecule has 0 spiro atoms. The SMILES string of the molecule is CC(C)C(N)C(=O)NC(C(=O)NC(CC(=O)O)C(=O)NC(Cc1cnc[nH]1)C(=O)O)C(C)C. The van der Waals surface area contributed by atoms with Crippen molar-refractivity contribution >= 4 is 29.7 Å². The summed E-state index contributed by atoms with van der Waals surface area (Å²) in [7, 11) is 0. The van der Waals surface area contributed by atoms with E-state index in [2.05, 4.69) is 25.9 Å². The summed E-state index contributed by atoms with van der Waals surface area (Å²) in [6.07, 6.45) is 1.80. The van der Waals surface area contributed by atoms with Crippen molar-refractivity contribution in [1.82, 2.24) is 25.9 Å². The van der Waals surface area contributed by atoms with Crippen molar-refractivity contribution < 1.29 is 34.2 Å². The van der Waals surface area contributed by atoms with Gasteiger partial charge in [-0.1, -0.05) is 27.7 Å². The van der Waals surface area contributed by atoms with Gasteiger partial charge in [-0.3, -0.25) is 19.2 Å². The molecule has 4 unspecified atom stereocenters. The third-order valence-corrected chi connectivity index (χ3v) is 4.87. The standard InChI is InChI=1S/C20H32N6O7/c1-9(2)15(21)18(30)26-16(10(3)4)19(31)24-12(6-14(27)28)17(29)25-13(20(32)33)5-11-7-22-8-23-11/h7-10,12-13,15-16H,5-6,21H2,1-4H3,(H,22,23)(H,24,31)(H,25,29)(H,26,30)(H,27,28)(H,32,33). The van der Waals surface area contributed by atoms with Gasteiger partial charge in [-0.25, -0.2) is 9.78 Å². The van der Waals surface area contributed by atoms with Gasteiger partial charge >= 0.3 is 11.9 Å². The Hall–Kier alpha value is -3.48. The van der Waals surface area contributed by atoms with Gasteiger partial charge in [0.25, 0.3) is 0 Å². The number of rotatable bonds is 13. The van der Waals surface area contributed by atoms with Crippen molar-refractivity contribution in [2.24, 2.45) is 17.6 Å². The van der Waals surface area contributed by atoms with Crippen molar-refractivity contribution in [2.75, 3.05) is 0 Å². The normalized spacial score (nSPS) is 14.8. The zero-order valence-electron chi connectivity index (χ0n) is 19.0. The van der Waals surface area contributed by atoms with E-state index in [0.717, 1.165) is 0 Å². The van der Waals surface area contributed by atoms with Crippen molar-refractivity contribution in [3.8, 4) is 0 Å². The minimum Gasteiger partial charge on any atom is -0.481 e. The molecule has 0 saturated carbocycles. The number of nitrogens with zero attached hydrogens (tertiary/aromatic N) is 1. The molecule has 1 heterocycles. The largest absolute Gasteiger partial charge is 0.481 e. The molecule has 0 aliphatic heterocycles. The van der Waals surface area contributed by atoms with Gasteiger partial charge in [0, 0.05) is 18.3 Å². The van der Waals surface area contributed by atoms with Gasteiger partial charge < -0.3 is 36.9 Å². The second-order valence-electron chi connectivity index (χ2n) is 8.34. The second kappa shape index (κ2) is 12.5. The predicted molar refractivity (Wildman–Crippen MR) is 116 cm³/mol. The number of aromatic amines is 1. The molecule has 0 aliphatic carbocycles. The average molecular weight is 469 g/mol. The Balaban J connectivity index is 2.97. The Morgan fingerprint density at radius 2 is 1.55 bits per heavy atom. The molecule has 8 N–H and O–H groups in total. The van der Waals surface area contributed by atoms with E-state index in [1.54, 1.807) is 27.7 Å². The van der Waals surface area contributed by atoms with Crippen molar-refractivity contribution in [3.05, 3.63) is 18.2 Å². The van der Waals surface area contributed by atoms with Gasteiger partial charge in [0.2, 0.25) is 17.7 Å². The van der Waals surface area contributed by atoms with Crippen LogP contribution in [0.3, 0.4) is 0 Å². The minimum atomic E-state index is -1.57. The van der Waals surface area contributed by atoms with Crippen LogP contribution in [0.5, 0.6) is 0 Å². The Kier molecular flexibility index (Phi) is 10.5. The number of aliphatic carboxylic acids is 2. The smallest absolute Gasteiger partial charge is 0.326 e. The molecule has 33 heavy (non-hydrogen) atoms. The summed E-state index contributed by atoms with van der Waals surface area (Å²) in [5, 5.41) is 25.7. The molecule has 184 valence electrons. The molecule has 0 bridgehead atoms. The summed E-state index contributed by atoms with van der Waals surface area (Å²) in [6, 6.07) is -4.92. The van der Waals surface area contributed by atoms with Gasteiger partial charge in [0.15, 0.2) is 0 Å². The van der Waals surface area contributed by atoms with Crippen molar-refractivity contribution in [1.29, 1.82) is 0 Å². The van der Waals surface area contributed by atoms with Crippen LogP contribution in [-0.4, -0.2) is 74.0 Å². The number of imidazole rings is 1. The maximum absolute atomic E-state index is 12.8. The number of carbonyl (C=O) groups excluding carboxylic acids is 3. The van der Waals surface area contributed by atoms with E-state index in [4.69, 9.17) is 5.73 Å². The number of hydrogen-bond donors (Lipinski definition) is 7. The van der Waals surface area contributed by atoms with Crippen LogP contribution < -0.4 is 21.7 Å². The summed E-state index contributed by atoms with van der Waals surface area (Å²) in [5.74, 6) is -5.69. The van der Waals surface area contributed by atoms with E-state index in [1.807, 2.05) is 0 Å². The van der Waals surface area contributed by atoms with Crippen LogP contribution in [0.15, 0.2) is 12.5 Å². The first-order chi connectivity index (χ1) is 15.3. The van der Waals surface area contributed by atoms with Crippen LogP contribution in [0, 0.1) is 11.8 Å². The molecular formula is C20H32N6O7. The zero-order valence-corrected chi connectivity index (χ0v) is 19.0. The van der Waals surface area contributed by atoms with E-state index in [9.17, 15) is 34.2 Å². The highest BCUT2D eigenvalue weighted by Crippen LogP contribution is 2.07. The van der Waals surface area contributed by atoms with E-state index in [1.165, 1.54) is 12.5 Å². The molecule has 0 aromatic carbocycles. The zero-order chi connectivity index (χ0) is 25.3. The summed E-state index contributed by atoms with van der Waals surface area (Å²) in [5.41, 5.74) is 6.25. The molecular weight excluding hydrogens is 436 g/mol. The number of amides is 3. The Morgan fingerprint density at radius 1 is 0.939 bits per heavy atom. The second-order valence-corrected chi connectivity index (χ2v) is 8.34. The lowest BCUT2D eigenvalue weighted by Gasteiger charge is -2.27. The molecule has 13 nitrogen and oxygen atoms in total. The summed E-state index contributed by atoms with van der Waals surface area (Å²) < 4.78 is 0. The first kappa shape index (κ1) is 27.6. The topological polar surface area (TPSA) is 217 Å². The van der Waals surface area contributed by atoms with Crippen LogP contribution in [0.4, 0.5) is 0 Å². The number of H-pyrrole nitrogens is 1. The Morgan fingerprint density at radius 3 is 2.00 bits per heavy atom. The highest BCUT2D eigenvalue weighted by Gasteiger charge is 2.33. The van der Waals surface area contributed by atoms with Gasteiger partial charge in [0.1, 0.15) is 18.1 Å². The maximum atomic E-state index is 12.8. The van der Waals surface area contributed by atoms with Crippen LogP contribution in [0.1, 0.15) is 39.8 Å². The number of carboxylic acids is 2. The van der Waals surface area contributed by atoms with Crippen LogP contribution in [-0.2, 0) is 30.4 Å². The quantitative estimate of drug-likeness (QED) is 0.181. The maximum Gasteiger partial charge on any atom is 0.326 e. The van der Waals surface area contributed by atoms with Gasteiger partial charge in [0.05, 0.1) is 18.8 Å². The molecule has 13 heteroatoms. The van der Waals surface area contributed by atoms with E-state index in [-0.39, 0.29) is 12.3 Å². The number of carbonyl (C=O) groups is 5.